The highest BCUT2D eigenvalue weighted by molar-refractivity contribution is 5.69. The van der Waals surface area contributed by atoms with Crippen molar-refractivity contribution in [3.05, 3.63) is 24.3 Å². The number of allylic oxidation sites excluding steroid dienone is 4. The predicted molar refractivity (Wildman–Crippen MR) is 225 cm³/mol. The Hall–Kier alpha value is -1.05. The second-order valence-corrected chi connectivity index (χ2v) is 15.7. The number of unbranched alkanes of at least 4 members (excludes halogenated alkanes) is 35. The number of carbonyl (C=O) groups is 1. The average Bonchev–Trinajstić information content (AvgIpc) is 3.12. The fourth-order valence-electron chi connectivity index (χ4n) is 7.11. The van der Waals surface area contributed by atoms with Gasteiger partial charge >= 0.3 is 5.97 Å². The zero-order valence-corrected chi connectivity index (χ0v) is 34.6. The molecule has 0 saturated heterocycles. The molecule has 296 valence electrons. The van der Waals surface area contributed by atoms with E-state index in [4.69, 9.17) is 4.74 Å². The van der Waals surface area contributed by atoms with E-state index in [2.05, 4.69) is 38.2 Å². The molecule has 0 saturated carbocycles. The smallest absolute Gasteiger partial charge is 0.305 e. The summed E-state index contributed by atoms with van der Waals surface area (Å²) in [7, 11) is 0. The summed E-state index contributed by atoms with van der Waals surface area (Å²) in [4.78, 5) is 12.0. The van der Waals surface area contributed by atoms with Crippen LogP contribution in [0.15, 0.2) is 24.3 Å². The molecule has 0 rings (SSSR count). The summed E-state index contributed by atoms with van der Waals surface area (Å²) < 4.78 is 5.47. The number of carbonyl (C=O) groups excluding carboxylic acids is 1. The highest BCUT2D eigenvalue weighted by atomic mass is 16.5. The molecular formula is C48H92O2. The van der Waals surface area contributed by atoms with Gasteiger partial charge in [-0.05, 0) is 44.9 Å². The highest BCUT2D eigenvalue weighted by Crippen LogP contribution is 2.16. The quantitative estimate of drug-likeness (QED) is 0.0359. The molecule has 0 aliphatic heterocycles. The van der Waals surface area contributed by atoms with E-state index in [-0.39, 0.29) is 5.97 Å². The minimum Gasteiger partial charge on any atom is -0.466 e. The van der Waals surface area contributed by atoms with E-state index < -0.39 is 0 Å². The maximum absolute atomic E-state index is 12.0. The molecule has 0 aromatic rings. The Labute approximate surface area is 316 Å². The Balaban J connectivity index is 3.17. The third-order valence-corrected chi connectivity index (χ3v) is 10.6. The lowest BCUT2D eigenvalue weighted by Crippen LogP contribution is -2.05. The van der Waals surface area contributed by atoms with Gasteiger partial charge in [0.1, 0.15) is 0 Å². The fraction of sp³-hybridized carbons (Fsp3) is 0.896. The van der Waals surface area contributed by atoms with Crippen LogP contribution in [0.4, 0.5) is 0 Å². The number of hydrogen-bond acceptors (Lipinski definition) is 2. The molecule has 0 amide bonds. The molecule has 0 bridgehead atoms. The van der Waals surface area contributed by atoms with Crippen LogP contribution in [0, 0.1) is 0 Å². The molecule has 0 radical (unpaired) electrons. The van der Waals surface area contributed by atoms with Crippen molar-refractivity contribution in [3.63, 3.8) is 0 Å². The van der Waals surface area contributed by atoms with E-state index in [1.807, 2.05) is 0 Å². The van der Waals surface area contributed by atoms with Gasteiger partial charge in [0, 0.05) is 6.42 Å². The van der Waals surface area contributed by atoms with E-state index in [0.717, 1.165) is 25.7 Å². The van der Waals surface area contributed by atoms with Crippen LogP contribution in [0.5, 0.6) is 0 Å². The summed E-state index contributed by atoms with van der Waals surface area (Å²) >= 11 is 0. The number of rotatable bonds is 43. The Morgan fingerprint density at radius 2 is 0.620 bits per heavy atom. The summed E-state index contributed by atoms with van der Waals surface area (Å²) in [5.74, 6) is 0.0145. The van der Waals surface area contributed by atoms with Crippen molar-refractivity contribution in [2.45, 2.75) is 271 Å². The Kier molecular flexibility index (Phi) is 45.0. The first-order valence-corrected chi connectivity index (χ1v) is 23.3. The highest BCUT2D eigenvalue weighted by Gasteiger charge is 2.03. The van der Waals surface area contributed by atoms with Crippen molar-refractivity contribution < 1.29 is 9.53 Å². The monoisotopic (exact) mass is 701 g/mol. The first-order chi connectivity index (χ1) is 24.8. The lowest BCUT2D eigenvalue weighted by atomic mass is 10.0. The van der Waals surface area contributed by atoms with Crippen LogP contribution in [0.25, 0.3) is 0 Å². The summed E-state index contributed by atoms with van der Waals surface area (Å²) in [6, 6.07) is 0. The summed E-state index contributed by atoms with van der Waals surface area (Å²) in [6.07, 6.45) is 63.0. The van der Waals surface area contributed by atoms with E-state index in [1.165, 1.54) is 225 Å². The van der Waals surface area contributed by atoms with Crippen molar-refractivity contribution in [1.29, 1.82) is 0 Å². The van der Waals surface area contributed by atoms with Gasteiger partial charge in [0.25, 0.3) is 0 Å². The maximum atomic E-state index is 12.0. The van der Waals surface area contributed by atoms with Crippen LogP contribution < -0.4 is 0 Å². The standard InChI is InChI=1S/C48H92O2/c1-3-5-7-9-11-13-15-17-19-20-21-22-23-24-25-26-27-28-29-30-31-33-35-37-39-41-43-45-47-50-48(49)46-44-42-40-38-36-34-32-18-16-14-12-10-8-6-4-2/h12,14,18,32H,3-11,13,15-17,19-31,33-47H2,1-2H3. The van der Waals surface area contributed by atoms with E-state index >= 15 is 0 Å². The van der Waals surface area contributed by atoms with Gasteiger partial charge in [-0.2, -0.15) is 0 Å². The molecule has 0 unspecified atom stereocenters. The van der Waals surface area contributed by atoms with Crippen LogP contribution in [0.2, 0.25) is 0 Å². The van der Waals surface area contributed by atoms with E-state index in [9.17, 15) is 4.79 Å². The van der Waals surface area contributed by atoms with Crippen LogP contribution in [-0.2, 0) is 9.53 Å². The van der Waals surface area contributed by atoms with Gasteiger partial charge in [-0.15, -0.1) is 0 Å². The summed E-state index contributed by atoms with van der Waals surface area (Å²) in [5, 5.41) is 0. The first-order valence-electron chi connectivity index (χ1n) is 23.3. The maximum Gasteiger partial charge on any atom is 0.305 e. The first kappa shape index (κ1) is 49.0. The van der Waals surface area contributed by atoms with Gasteiger partial charge in [-0.25, -0.2) is 0 Å². The van der Waals surface area contributed by atoms with Crippen LogP contribution >= 0.6 is 0 Å². The second-order valence-electron chi connectivity index (χ2n) is 15.7. The number of hydrogen-bond donors (Lipinski definition) is 0. The van der Waals surface area contributed by atoms with Crippen LogP contribution in [0.1, 0.15) is 271 Å². The molecule has 0 heterocycles. The summed E-state index contributed by atoms with van der Waals surface area (Å²) in [5.41, 5.74) is 0. The minimum atomic E-state index is 0.0145. The molecule has 0 aromatic carbocycles. The van der Waals surface area contributed by atoms with Gasteiger partial charge in [0.2, 0.25) is 0 Å². The molecule has 0 spiro atoms. The Bertz CT molecular complexity index is 680. The lowest BCUT2D eigenvalue weighted by Gasteiger charge is -2.06. The number of esters is 1. The molecule has 0 aromatic heterocycles. The summed E-state index contributed by atoms with van der Waals surface area (Å²) in [6.45, 7) is 5.18. The minimum absolute atomic E-state index is 0.0145. The number of ether oxygens (including phenoxy) is 1. The molecule has 0 fully saturated rings. The Morgan fingerprint density at radius 1 is 0.340 bits per heavy atom. The van der Waals surface area contributed by atoms with Crippen molar-refractivity contribution >= 4 is 5.97 Å². The molecule has 0 aliphatic rings. The second kappa shape index (κ2) is 46.0. The van der Waals surface area contributed by atoms with E-state index in [1.54, 1.807) is 0 Å². The predicted octanol–water partition coefficient (Wildman–Crippen LogP) is 17.3. The lowest BCUT2D eigenvalue weighted by molar-refractivity contribution is -0.143. The van der Waals surface area contributed by atoms with Crippen molar-refractivity contribution in [3.8, 4) is 0 Å². The van der Waals surface area contributed by atoms with Gasteiger partial charge in [-0.3, -0.25) is 4.79 Å². The van der Waals surface area contributed by atoms with E-state index in [0.29, 0.717) is 13.0 Å². The third kappa shape index (κ3) is 45.0. The van der Waals surface area contributed by atoms with Crippen LogP contribution in [0.3, 0.4) is 0 Å². The molecule has 2 nitrogen and oxygen atoms in total. The van der Waals surface area contributed by atoms with Gasteiger partial charge in [0.05, 0.1) is 6.61 Å². The Morgan fingerprint density at radius 3 is 1.00 bits per heavy atom. The molecule has 0 N–H and O–H groups in total. The van der Waals surface area contributed by atoms with Crippen molar-refractivity contribution in [2.75, 3.05) is 6.61 Å². The molecule has 2 heteroatoms. The fourth-order valence-corrected chi connectivity index (χ4v) is 7.11. The zero-order chi connectivity index (χ0) is 36.1. The molecule has 50 heavy (non-hydrogen) atoms. The SMILES string of the molecule is CCCCCC=CCC=CCCCCCCCC(=O)OCCCCCCCCCCCCCCCCCCCCCCCCCCCCCC. The van der Waals surface area contributed by atoms with Gasteiger partial charge in [-0.1, -0.05) is 244 Å². The van der Waals surface area contributed by atoms with Gasteiger partial charge in [0.15, 0.2) is 0 Å². The molecule has 0 atom stereocenters. The largest absolute Gasteiger partial charge is 0.466 e. The third-order valence-electron chi connectivity index (χ3n) is 10.6. The average molecular weight is 701 g/mol. The van der Waals surface area contributed by atoms with Crippen molar-refractivity contribution in [2.24, 2.45) is 0 Å². The van der Waals surface area contributed by atoms with Gasteiger partial charge < -0.3 is 4.74 Å². The topological polar surface area (TPSA) is 26.3 Å². The molecular weight excluding hydrogens is 609 g/mol. The zero-order valence-electron chi connectivity index (χ0n) is 34.6. The molecule has 0 aliphatic carbocycles. The van der Waals surface area contributed by atoms with Crippen LogP contribution in [-0.4, -0.2) is 12.6 Å². The normalized spacial score (nSPS) is 11.8. The van der Waals surface area contributed by atoms with Crippen molar-refractivity contribution in [1.82, 2.24) is 0 Å².